The van der Waals surface area contributed by atoms with Crippen LogP contribution in [0.2, 0.25) is 0 Å². The largest absolute Gasteiger partial charge is 0.381 e. The highest BCUT2D eigenvalue weighted by atomic mass is 16.5. The molecule has 2 aliphatic rings. The molecule has 0 radical (unpaired) electrons. The maximum atomic E-state index is 5.73. The van der Waals surface area contributed by atoms with E-state index in [0.717, 1.165) is 37.5 Å². The van der Waals surface area contributed by atoms with Crippen molar-refractivity contribution in [3.05, 3.63) is 0 Å². The van der Waals surface area contributed by atoms with Gasteiger partial charge in [-0.25, -0.2) is 0 Å². The molecule has 2 nitrogen and oxygen atoms in total. The lowest BCUT2D eigenvalue weighted by Crippen LogP contribution is -2.08. The quantitative estimate of drug-likeness (QED) is 0.675. The van der Waals surface area contributed by atoms with Gasteiger partial charge < -0.3 is 10.5 Å². The zero-order valence-electron chi connectivity index (χ0n) is 8.05. The van der Waals surface area contributed by atoms with Crippen molar-refractivity contribution in [3.8, 4) is 0 Å². The molecule has 2 fully saturated rings. The summed E-state index contributed by atoms with van der Waals surface area (Å²) in [6.45, 7) is 7.48. The standard InChI is InChI=1S/C10H19NO/c1-10(2)8(5-11)9(10)7-3-4-12-6-7/h7-9H,3-6,11H2,1-2H3/t7?,8-,9-/m1/s1. The van der Waals surface area contributed by atoms with Crippen LogP contribution in [0, 0.1) is 23.2 Å². The Morgan fingerprint density at radius 1 is 1.50 bits per heavy atom. The molecule has 1 aliphatic carbocycles. The molecule has 1 aliphatic heterocycles. The summed E-state index contributed by atoms with van der Waals surface area (Å²) in [5.41, 5.74) is 6.22. The van der Waals surface area contributed by atoms with Gasteiger partial charge in [-0.05, 0) is 36.1 Å². The molecule has 12 heavy (non-hydrogen) atoms. The molecule has 0 aromatic carbocycles. The fourth-order valence-electron chi connectivity index (χ4n) is 3.01. The summed E-state index contributed by atoms with van der Waals surface area (Å²) in [6, 6.07) is 0. The Morgan fingerprint density at radius 3 is 2.67 bits per heavy atom. The molecule has 0 spiro atoms. The molecule has 70 valence electrons. The molecule has 2 heteroatoms. The van der Waals surface area contributed by atoms with E-state index in [2.05, 4.69) is 13.8 Å². The molecular weight excluding hydrogens is 150 g/mol. The second-order valence-corrected chi connectivity index (χ2v) is 4.81. The monoisotopic (exact) mass is 169 g/mol. The van der Waals surface area contributed by atoms with Crippen molar-refractivity contribution in [1.29, 1.82) is 0 Å². The van der Waals surface area contributed by atoms with E-state index in [1.807, 2.05) is 0 Å². The van der Waals surface area contributed by atoms with Gasteiger partial charge in [-0.15, -0.1) is 0 Å². The van der Waals surface area contributed by atoms with E-state index in [1.54, 1.807) is 0 Å². The van der Waals surface area contributed by atoms with Gasteiger partial charge in [-0.1, -0.05) is 13.8 Å². The first-order valence-corrected chi connectivity index (χ1v) is 4.95. The van der Waals surface area contributed by atoms with E-state index < -0.39 is 0 Å². The Hall–Kier alpha value is -0.0800. The number of hydrogen-bond acceptors (Lipinski definition) is 2. The Kier molecular flexibility index (Phi) is 1.92. The topological polar surface area (TPSA) is 35.2 Å². The summed E-state index contributed by atoms with van der Waals surface area (Å²) < 4.78 is 5.40. The van der Waals surface area contributed by atoms with Gasteiger partial charge in [-0.2, -0.15) is 0 Å². The van der Waals surface area contributed by atoms with Gasteiger partial charge in [0.25, 0.3) is 0 Å². The smallest absolute Gasteiger partial charge is 0.0498 e. The predicted molar refractivity (Wildman–Crippen MR) is 48.7 cm³/mol. The number of nitrogens with two attached hydrogens (primary N) is 1. The average Bonchev–Trinajstić information content (AvgIpc) is 2.50. The van der Waals surface area contributed by atoms with Crippen LogP contribution in [0.15, 0.2) is 0 Å². The van der Waals surface area contributed by atoms with Crippen molar-refractivity contribution in [1.82, 2.24) is 0 Å². The SMILES string of the molecule is CC1(C)[C@H](CN)[C@H]1C1CCOC1. The Balaban J connectivity index is 1.97. The minimum Gasteiger partial charge on any atom is -0.381 e. The van der Waals surface area contributed by atoms with Crippen LogP contribution in [0.1, 0.15) is 20.3 Å². The third-order valence-corrected chi connectivity index (χ3v) is 3.87. The first kappa shape index (κ1) is 8.52. The van der Waals surface area contributed by atoms with Crippen LogP contribution in [-0.2, 0) is 4.74 Å². The Bertz CT molecular complexity index is 173. The highest BCUT2D eigenvalue weighted by molar-refractivity contribution is 5.08. The molecule has 2 N–H and O–H groups in total. The van der Waals surface area contributed by atoms with E-state index in [1.165, 1.54) is 6.42 Å². The minimum absolute atomic E-state index is 0.493. The molecular formula is C10H19NO. The molecule has 0 amide bonds. The van der Waals surface area contributed by atoms with E-state index in [0.29, 0.717) is 5.41 Å². The molecule has 1 saturated carbocycles. The van der Waals surface area contributed by atoms with Crippen LogP contribution >= 0.6 is 0 Å². The maximum Gasteiger partial charge on any atom is 0.0498 e. The average molecular weight is 169 g/mol. The molecule has 3 atom stereocenters. The molecule has 1 heterocycles. The lowest BCUT2D eigenvalue weighted by molar-refractivity contribution is 0.178. The molecule has 1 unspecified atom stereocenters. The summed E-state index contributed by atoms with van der Waals surface area (Å²) in [5, 5.41) is 0. The van der Waals surface area contributed by atoms with Gasteiger partial charge in [0.1, 0.15) is 0 Å². The molecule has 0 aromatic rings. The summed E-state index contributed by atoms with van der Waals surface area (Å²) >= 11 is 0. The van der Waals surface area contributed by atoms with Crippen molar-refractivity contribution in [2.24, 2.45) is 28.9 Å². The van der Waals surface area contributed by atoms with Crippen LogP contribution < -0.4 is 5.73 Å². The fourth-order valence-corrected chi connectivity index (χ4v) is 3.01. The third-order valence-electron chi connectivity index (χ3n) is 3.87. The fraction of sp³-hybridized carbons (Fsp3) is 1.00. The van der Waals surface area contributed by atoms with E-state index in [4.69, 9.17) is 10.5 Å². The van der Waals surface area contributed by atoms with Gasteiger partial charge in [0.05, 0.1) is 0 Å². The second-order valence-electron chi connectivity index (χ2n) is 4.81. The van der Waals surface area contributed by atoms with Crippen molar-refractivity contribution in [3.63, 3.8) is 0 Å². The third kappa shape index (κ3) is 1.09. The van der Waals surface area contributed by atoms with Crippen LogP contribution in [0.3, 0.4) is 0 Å². The molecule has 0 aromatic heterocycles. The summed E-state index contributed by atoms with van der Waals surface area (Å²) in [5.74, 6) is 2.39. The maximum absolute atomic E-state index is 5.73. The predicted octanol–water partition coefficient (Wildman–Crippen LogP) is 1.25. The highest BCUT2D eigenvalue weighted by Crippen LogP contribution is 2.62. The Labute approximate surface area is 74.5 Å². The molecule has 1 saturated heterocycles. The van der Waals surface area contributed by atoms with Gasteiger partial charge >= 0.3 is 0 Å². The summed E-state index contributed by atoms with van der Waals surface area (Å²) in [7, 11) is 0. The molecule has 0 bridgehead atoms. The van der Waals surface area contributed by atoms with Crippen LogP contribution in [0.5, 0.6) is 0 Å². The van der Waals surface area contributed by atoms with Gasteiger partial charge in [-0.3, -0.25) is 0 Å². The second kappa shape index (κ2) is 2.71. The van der Waals surface area contributed by atoms with Gasteiger partial charge in [0, 0.05) is 13.2 Å². The molecule has 2 rings (SSSR count). The lowest BCUT2D eigenvalue weighted by atomic mass is 9.97. The van der Waals surface area contributed by atoms with Crippen LogP contribution in [0.25, 0.3) is 0 Å². The summed E-state index contributed by atoms with van der Waals surface area (Å²) in [4.78, 5) is 0. The number of hydrogen-bond donors (Lipinski definition) is 1. The normalized spacial score (nSPS) is 44.8. The first-order chi connectivity index (χ1) is 5.68. The summed E-state index contributed by atoms with van der Waals surface area (Å²) in [6.07, 6.45) is 1.25. The van der Waals surface area contributed by atoms with Crippen molar-refractivity contribution >= 4 is 0 Å². The number of rotatable bonds is 2. The van der Waals surface area contributed by atoms with Crippen LogP contribution in [-0.4, -0.2) is 19.8 Å². The van der Waals surface area contributed by atoms with Gasteiger partial charge in [0.2, 0.25) is 0 Å². The highest BCUT2D eigenvalue weighted by Gasteiger charge is 2.59. The van der Waals surface area contributed by atoms with Crippen LogP contribution in [0.4, 0.5) is 0 Å². The van der Waals surface area contributed by atoms with E-state index in [9.17, 15) is 0 Å². The zero-order valence-corrected chi connectivity index (χ0v) is 8.05. The Morgan fingerprint density at radius 2 is 2.25 bits per heavy atom. The van der Waals surface area contributed by atoms with E-state index in [-0.39, 0.29) is 0 Å². The van der Waals surface area contributed by atoms with Gasteiger partial charge in [0.15, 0.2) is 0 Å². The van der Waals surface area contributed by atoms with Crippen molar-refractivity contribution in [2.75, 3.05) is 19.8 Å². The lowest BCUT2D eigenvalue weighted by Gasteiger charge is -2.07. The number of ether oxygens (including phenoxy) is 1. The van der Waals surface area contributed by atoms with Crippen molar-refractivity contribution < 1.29 is 4.74 Å². The first-order valence-electron chi connectivity index (χ1n) is 4.95. The van der Waals surface area contributed by atoms with Crippen molar-refractivity contribution in [2.45, 2.75) is 20.3 Å². The van der Waals surface area contributed by atoms with E-state index >= 15 is 0 Å². The minimum atomic E-state index is 0.493. The zero-order chi connectivity index (χ0) is 8.77.